The van der Waals surface area contributed by atoms with Crippen LogP contribution in [0.4, 0.5) is 17.6 Å². The predicted molar refractivity (Wildman–Crippen MR) is 50.2 cm³/mol. The van der Waals surface area contributed by atoms with Crippen LogP contribution in [0.3, 0.4) is 0 Å². The van der Waals surface area contributed by atoms with Gasteiger partial charge < -0.3 is 0 Å². The van der Waals surface area contributed by atoms with Crippen molar-refractivity contribution in [2.24, 2.45) is 5.92 Å². The molecule has 1 aromatic carbocycles. The third kappa shape index (κ3) is 1.81. The standard InChI is InChI=1S/C11H10F4O/c1-4(2)11(16)6-9(14)7(12)5(3)8(13)10(6)15/h4H,1-3H3. The Bertz CT molecular complexity index is 423. The van der Waals surface area contributed by atoms with E-state index in [9.17, 15) is 22.4 Å². The second-order valence-corrected chi connectivity index (χ2v) is 3.77. The van der Waals surface area contributed by atoms with Crippen LogP contribution in [-0.2, 0) is 0 Å². The van der Waals surface area contributed by atoms with Crippen molar-refractivity contribution in [3.63, 3.8) is 0 Å². The zero-order valence-corrected chi connectivity index (χ0v) is 9.00. The highest BCUT2D eigenvalue weighted by Gasteiger charge is 2.28. The highest BCUT2D eigenvalue weighted by atomic mass is 19.2. The molecule has 0 unspecified atom stereocenters. The Morgan fingerprint density at radius 2 is 1.31 bits per heavy atom. The summed E-state index contributed by atoms with van der Waals surface area (Å²) in [6.07, 6.45) is 0. The number of halogens is 4. The van der Waals surface area contributed by atoms with Crippen molar-refractivity contribution in [1.29, 1.82) is 0 Å². The van der Waals surface area contributed by atoms with Crippen LogP contribution in [0.2, 0.25) is 0 Å². The van der Waals surface area contributed by atoms with E-state index in [2.05, 4.69) is 0 Å². The fourth-order valence-corrected chi connectivity index (χ4v) is 1.25. The zero-order chi connectivity index (χ0) is 12.6. The van der Waals surface area contributed by atoms with Gasteiger partial charge in [-0.05, 0) is 6.92 Å². The molecule has 0 saturated carbocycles. The number of rotatable bonds is 2. The molecule has 5 heteroatoms. The summed E-state index contributed by atoms with van der Waals surface area (Å²) in [5, 5.41) is 0. The average molecular weight is 234 g/mol. The number of benzene rings is 1. The molecule has 1 rings (SSSR count). The van der Waals surface area contributed by atoms with E-state index in [1.807, 2.05) is 0 Å². The second kappa shape index (κ2) is 4.23. The zero-order valence-electron chi connectivity index (χ0n) is 9.00. The van der Waals surface area contributed by atoms with E-state index in [4.69, 9.17) is 0 Å². The van der Waals surface area contributed by atoms with Crippen molar-refractivity contribution >= 4 is 5.78 Å². The van der Waals surface area contributed by atoms with Gasteiger partial charge in [-0.3, -0.25) is 4.79 Å². The SMILES string of the molecule is Cc1c(F)c(F)c(C(=O)C(C)C)c(F)c1F. The molecule has 0 aliphatic carbocycles. The molecule has 0 atom stereocenters. The number of Topliss-reactive ketones (excluding diaryl/α,β-unsaturated/α-hetero) is 1. The molecule has 0 N–H and O–H groups in total. The monoisotopic (exact) mass is 234 g/mol. The third-order valence-electron chi connectivity index (χ3n) is 2.25. The number of ketones is 1. The lowest BCUT2D eigenvalue weighted by Crippen LogP contribution is -2.16. The van der Waals surface area contributed by atoms with Gasteiger partial charge >= 0.3 is 0 Å². The van der Waals surface area contributed by atoms with E-state index >= 15 is 0 Å². The Labute approximate surface area is 90.1 Å². The molecule has 1 aromatic rings. The van der Waals surface area contributed by atoms with Crippen LogP contribution in [0.5, 0.6) is 0 Å². The maximum atomic E-state index is 13.3. The van der Waals surface area contributed by atoms with Gasteiger partial charge in [0, 0.05) is 11.5 Å². The van der Waals surface area contributed by atoms with Crippen LogP contribution < -0.4 is 0 Å². The second-order valence-electron chi connectivity index (χ2n) is 3.77. The van der Waals surface area contributed by atoms with Gasteiger partial charge in [-0.1, -0.05) is 13.8 Å². The third-order valence-corrected chi connectivity index (χ3v) is 2.25. The summed E-state index contributed by atoms with van der Waals surface area (Å²) in [6.45, 7) is 3.67. The molecular formula is C11H10F4O. The summed E-state index contributed by atoms with van der Waals surface area (Å²) in [7, 11) is 0. The van der Waals surface area contributed by atoms with Crippen LogP contribution in [0.1, 0.15) is 29.8 Å². The molecule has 0 aromatic heterocycles. The first-order valence-corrected chi connectivity index (χ1v) is 4.65. The van der Waals surface area contributed by atoms with Gasteiger partial charge in [0.15, 0.2) is 29.1 Å². The van der Waals surface area contributed by atoms with E-state index in [-0.39, 0.29) is 0 Å². The molecule has 0 aliphatic heterocycles. The Kier molecular flexibility index (Phi) is 3.35. The highest BCUT2D eigenvalue weighted by Crippen LogP contribution is 2.25. The van der Waals surface area contributed by atoms with Crippen molar-refractivity contribution in [3.8, 4) is 0 Å². The maximum absolute atomic E-state index is 13.3. The summed E-state index contributed by atoms with van der Waals surface area (Å²) >= 11 is 0. The molecule has 0 radical (unpaired) electrons. The normalized spacial score (nSPS) is 11.0. The first-order chi connectivity index (χ1) is 7.29. The molecule has 0 fully saturated rings. The fourth-order valence-electron chi connectivity index (χ4n) is 1.25. The summed E-state index contributed by atoms with van der Waals surface area (Å²) in [5.41, 5.74) is -1.91. The molecule has 16 heavy (non-hydrogen) atoms. The van der Waals surface area contributed by atoms with E-state index in [1.165, 1.54) is 13.8 Å². The minimum Gasteiger partial charge on any atom is -0.294 e. The van der Waals surface area contributed by atoms with E-state index in [0.717, 1.165) is 6.92 Å². The first kappa shape index (κ1) is 12.7. The quantitative estimate of drug-likeness (QED) is 0.435. The summed E-state index contributed by atoms with van der Waals surface area (Å²) < 4.78 is 52.9. The van der Waals surface area contributed by atoms with Crippen molar-refractivity contribution in [1.82, 2.24) is 0 Å². The lowest BCUT2D eigenvalue weighted by atomic mass is 9.98. The Hall–Kier alpha value is -1.39. The van der Waals surface area contributed by atoms with Crippen LogP contribution in [-0.4, -0.2) is 5.78 Å². The molecule has 88 valence electrons. The minimum absolute atomic E-state index is 0.745. The number of carbonyl (C=O) groups is 1. The van der Waals surface area contributed by atoms with E-state index < -0.39 is 46.1 Å². The van der Waals surface area contributed by atoms with Crippen LogP contribution in [0.25, 0.3) is 0 Å². The van der Waals surface area contributed by atoms with Gasteiger partial charge in [0.25, 0.3) is 0 Å². The van der Waals surface area contributed by atoms with Crippen molar-refractivity contribution in [3.05, 3.63) is 34.4 Å². The largest absolute Gasteiger partial charge is 0.294 e. The van der Waals surface area contributed by atoms with Gasteiger partial charge in [0.2, 0.25) is 0 Å². The summed E-state index contributed by atoms with van der Waals surface area (Å²) in [5.74, 6) is -8.02. The summed E-state index contributed by atoms with van der Waals surface area (Å²) in [6, 6.07) is 0. The Morgan fingerprint density at radius 3 is 1.62 bits per heavy atom. The molecule has 0 bridgehead atoms. The number of carbonyl (C=O) groups excluding carboxylic acids is 1. The predicted octanol–water partition coefficient (Wildman–Crippen LogP) is 3.39. The van der Waals surface area contributed by atoms with E-state index in [1.54, 1.807) is 0 Å². The first-order valence-electron chi connectivity index (χ1n) is 4.65. The van der Waals surface area contributed by atoms with Crippen molar-refractivity contribution in [2.75, 3.05) is 0 Å². The van der Waals surface area contributed by atoms with Gasteiger partial charge in [0.1, 0.15) is 0 Å². The molecule has 0 aliphatic rings. The van der Waals surface area contributed by atoms with E-state index in [0.29, 0.717) is 0 Å². The van der Waals surface area contributed by atoms with Crippen LogP contribution >= 0.6 is 0 Å². The molecule has 0 heterocycles. The van der Waals surface area contributed by atoms with Crippen LogP contribution in [0.15, 0.2) is 0 Å². The molecule has 0 spiro atoms. The Balaban J connectivity index is 3.58. The lowest BCUT2D eigenvalue weighted by Gasteiger charge is -2.10. The lowest BCUT2D eigenvalue weighted by molar-refractivity contribution is 0.0928. The molecular weight excluding hydrogens is 224 g/mol. The Morgan fingerprint density at radius 1 is 0.938 bits per heavy atom. The van der Waals surface area contributed by atoms with Crippen molar-refractivity contribution in [2.45, 2.75) is 20.8 Å². The van der Waals surface area contributed by atoms with Gasteiger partial charge in [-0.2, -0.15) is 0 Å². The minimum atomic E-state index is -1.63. The number of hydrogen-bond acceptors (Lipinski definition) is 1. The highest BCUT2D eigenvalue weighted by molar-refractivity contribution is 5.98. The van der Waals surface area contributed by atoms with Gasteiger partial charge in [-0.15, -0.1) is 0 Å². The molecule has 0 amide bonds. The molecule has 1 nitrogen and oxygen atoms in total. The summed E-state index contributed by atoms with van der Waals surface area (Å²) in [4.78, 5) is 11.4. The van der Waals surface area contributed by atoms with Gasteiger partial charge in [-0.25, -0.2) is 17.6 Å². The molecule has 0 saturated heterocycles. The maximum Gasteiger partial charge on any atom is 0.173 e. The topological polar surface area (TPSA) is 17.1 Å². The van der Waals surface area contributed by atoms with Crippen LogP contribution in [0, 0.1) is 36.1 Å². The smallest absolute Gasteiger partial charge is 0.173 e. The van der Waals surface area contributed by atoms with Gasteiger partial charge in [0.05, 0.1) is 5.56 Å². The number of hydrogen-bond donors (Lipinski definition) is 0. The van der Waals surface area contributed by atoms with Crippen molar-refractivity contribution < 1.29 is 22.4 Å². The average Bonchev–Trinajstić information content (AvgIpc) is 2.23. The fraction of sp³-hybridized carbons (Fsp3) is 0.364.